The standard InChI is InChI=1S/C22H27FO4Se/c1-18-8-7-13(24)9-12(18)5-6-14-15-10-20(3)22(27-20,17(26)28-4)19(15,2)11-16(25)21(14,18)23/h7-9,14-16,25H,5-6,10-11H2,1-4H3/t14-,15-,16-,18-,19-,20+,21-,22-/m0/s1. The zero-order chi connectivity index (χ0) is 20.3. The molecule has 1 aliphatic heterocycles. The van der Waals surface area contributed by atoms with Gasteiger partial charge in [0.1, 0.15) is 0 Å². The average Bonchev–Trinajstić information content (AvgIpc) is 3.22. The van der Waals surface area contributed by atoms with Crippen LogP contribution in [-0.4, -0.2) is 53.5 Å². The molecule has 0 radical (unpaired) electrons. The third-order valence-electron chi connectivity index (χ3n) is 9.00. The Kier molecular flexibility index (Phi) is 3.60. The molecule has 0 bridgehead atoms. The first kappa shape index (κ1) is 19.2. The Morgan fingerprint density at radius 1 is 1.29 bits per heavy atom. The summed E-state index contributed by atoms with van der Waals surface area (Å²) in [5, 5.41) is 11.3. The van der Waals surface area contributed by atoms with Crippen LogP contribution in [0, 0.1) is 22.7 Å². The Morgan fingerprint density at radius 3 is 2.68 bits per heavy atom. The summed E-state index contributed by atoms with van der Waals surface area (Å²) in [6, 6.07) is 0. The Morgan fingerprint density at radius 2 is 2.00 bits per heavy atom. The first-order valence-electron chi connectivity index (χ1n) is 10.1. The molecule has 0 unspecified atom stereocenters. The maximum atomic E-state index is 17.0. The van der Waals surface area contributed by atoms with E-state index in [0.29, 0.717) is 19.3 Å². The van der Waals surface area contributed by atoms with Crippen LogP contribution >= 0.6 is 0 Å². The predicted molar refractivity (Wildman–Crippen MR) is 103 cm³/mol. The number of rotatable bonds is 2. The monoisotopic (exact) mass is 454 g/mol. The SMILES string of the molecule is C[Se]C(=O)[C@@]12O[C@]1(C)C[C@H]1[C@@H]3CCC4=CC(=O)C=C[C@]4(C)[C@@]3(F)[C@@H](O)C[C@@]12C. The fourth-order valence-electron chi connectivity index (χ4n) is 7.62. The summed E-state index contributed by atoms with van der Waals surface area (Å²) in [5.74, 6) is 1.42. The van der Waals surface area contributed by atoms with Crippen molar-refractivity contribution in [3.8, 4) is 0 Å². The Balaban J connectivity index is 1.63. The van der Waals surface area contributed by atoms with Crippen molar-refractivity contribution in [2.45, 2.75) is 75.3 Å². The van der Waals surface area contributed by atoms with Gasteiger partial charge in [-0.05, 0) is 0 Å². The zero-order valence-corrected chi connectivity index (χ0v) is 18.5. The minimum atomic E-state index is -1.84. The summed E-state index contributed by atoms with van der Waals surface area (Å²) in [5.41, 5.74) is -3.99. The van der Waals surface area contributed by atoms with Crippen LogP contribution in [0.15, 0.2) is 23.8 Å². The van der Waals surface area contributed by atoms with E-state index in [0.717, 1.165) is 5.57 Å². The molecule has 6 heteroatoms. The van der Waals surface area contributed by atoms with Crippen molar-refractivity contribution in [1.29, 1.82) is 0 Å². The van der Waals surface area contributed by atoms with Gasteiger partial charge < -0.3 is 0 Å². The molecule has 4 fully saturated rings. The molecule has 0 amide bonds. The molecule has 5 rings (SSSR count). The molecule has 1 N–H and O–H groups in total. The van der Waals surface area contributed by atoms with Crippen molar-refractivity contribution in [2.75, 3.05) is 0 Å². The minimum absolute atomic E-state index is 0.0182. The first-order chi connectivity index (χ1) is 13.0. The van der Waals surface area contributed by atoms with E-state index in [2.05, 4.69) is 0 Å². The van der Waals surface area contributed by atoms with Gasteiger partial charge in [0.05, 0.1) is 0 Å². The molecule has 1 heterocycles. The van der Waals surface area contributed by atoms with E-state index < -0.39 is 33.8 Å². The molecule has 152 valence electrons. The van der Waals surface area contributed by atoms with Gasteiger partial charge in [-0.1, -0.05) is 0 Å². The Hall–Kier alpha value is -0.811. The van der Waals surface area contributed by atoms with Crippen molar-refractivity contribution < 1.29 is 23.8 Å². The molecule has 28 heavy (non-hydrogen) atoms. The van der Waals surface area contributed by atoms with Gasteiger partial charge in [0.15, 0.2) is 0 Å². The van der Waals surface area contributed by atoms with E-state index >= 15 is 4.39 Å². The molecule has 0 aromatic heterocycles. The van der Waals surface area contributed by atoms with E-state index in [1.807, 2.05) is 26.6 Å². The molecule has 1 saturated heterocycles. The van der Waals surface area contributed by atoms with Gasteiger partial charge in [-0.15, -0.1) is 0 Å². The van der Waals surface area contributed by atoms with Crippen LogP contribution in [0.4, 0.5) is 4.39 Å². The fourth-order valence-corrected chi connectivity index (χ4v) is 9.25. The molecule has 0 aromatic carbocycles. The Bertz CT molecular complexity index is 869. The van der Waals surface area contributed by atoms with Crippen LogP contribution in [0.5, 0.6) is 0 Å². The van der Waals surface area contributed by atoms with Gasteiger partial charge in [-0.25, -0.2) is 0 Å². The molecular formula is C22H27FO4Se. The molecule has 0 spiro atoms. The van der Waals surface area contributed by atoms with E-state index in [4.69, 9.17) is 4.74 Å². The number of epoxide rings is 1. The van der Waals surface area contributed by atoms with E-state index in [9.17, 15) is 14.7 Å². The molecule has 3 saturated carbocycles. The molecule has 4 aliphatic carbocycles. The van der Waals surface area contributed by atoms with Crippen LogP contribution in [-0.2, 0) is 14.3 Å². The topological polar surface area (TPSA) is 66.9 Å². The number of fused-ring (bicyclic) bond motifs is 7. The number of hydrogen-bond acceptors (Lipinski definition) is 4. The van der Waals surface area contributed by atoms with Crippen LogP contribution < -0.4 is 0 Å². The summed E-state index contributed by atoms with van der Waals surface area (Å²) in [7, 11) is 0. The van der Waals surface area contributed by atoms with Gasteiger partial charge in [0, 0.05) is 0 Å². The second-order valence-electron chi connectivity index (χ2n) is 9.97. The summed E-state index contributed by atoms with van der Waals surface area (Å²) in [6.45, 7) is 5.85. The average molecular weight is 453 g/mol. The maximum absolute atomic E-state index is 17.0. The second-order valence-corrected chi connectivity index (χ2v) is 11.6. The fraction of sp³-hybridized carbons (Fsp3) is 0.727. The molecule has 4 nitrogen and oxygen atoms in total. The number of alkyl halides is 1. The van der Waals surface area contributed by atoms with E-state index in [1.165, 1.54) is 6.08 Å². The van der Waals surface area contributed by atoms with Crippen molar-refractivity contribution in [1.82, 2.24) is 0 Å². The number of aliphatic hydroxyl groups is 1. The van der Waals surface area contributed by atoms with Crippen LogP contribution in [0.1, 0.15) is 46.5 Å². The van der Waals surface area contributed by atoms with Gasteiger partial charge in [-0.2, -0.15) is 0 Å². The van der Waals surface area contributed by atoms with Gasteiger partial charge >= 0.3 is 171 Å². The molecule has 8 atom stereocenters. The van der Waals surface area contributed by atoms with Crippen molar-refractivity contribution in [3.63, 3.8) is 0 Å². The number of ketones is 1. The summed E-state index contributed by atoms with van der Waals surface area (Å²) in [4.78, 5) is 24.9. The predicted octanol–water partition coefficient (Wildman–Crippen LogP) is 2.77. The molecule has 0 aromatic rings. The molecular weight excluding hydrogens is 426 g/mol. The number of halogens is 1. The number of aliphatic hydroxyl groups excluding tert-OH is 1. The summed E-state index contributed by atoms with van der Waals surface area (Å²) >= 11 is -0.203. The van der Waals surface area contributed by atoms with Crippen molar-refractivity contribution >= 4 is 25.4 Å². The second kappa shape index (κ2) is 5.26. The van der Waals surface area contributed by atoms with Crippen LogP contribution in [0.2, 0.25) is 5.82 Å². The van der Waals surface area contributed by atoms with Gasteiger partial charge in [0.2, 0.25) is 0 Å². The normalized spacial score (nSPS) is 56.3. The van der Waals surface area contributed by atoms with E-state index in [-0.39, 0.29) is 43.7 Å². The number of carbonyl (C=O) groups excluding carboxylic acids is 2. The summed E-state index contributed by atoms with van der Waals surface area (Å²) < 4.78 is 23.2. The number of ether oxygens (including phenoxy) is 1. The molecule has 5 aliphatic rings. The van der Waals surface area contributed by atoms with Gasteiger partial charge in [0.25, 0.3) is 0 Å². The third kappa shape index (κ3) is 1.77. The quantitative estimate of drug-likeness (QED) is 0.516. The summed E-state index contributed by atoms with van der Waals surface area (Å²) in [6.07, 6.45) is 5.58. The van der Waals surface area contributed by atoms with Crippen LogP contribution in [0.3, 0.4) is 0 Å². The van der Waals surface area contributed by atoms with Crippen LogP contribution in [0.25, 0.3) is 0 Å². The third-order valence-corrected chi connectivity index (χ3v) is 10.4. The van der Waals surface area contributed by atoms with Gasteiger partial charge in [-0.3, -0.25) is 0 Å². The number of hydrogen-bond donors (Lipinski definition) is 1. The van der Waals surface area contributed by atoms with Crippen molar-refractivity contribution in [3.05, 3.63) is 23.8 Å². The zero-order valence-electron chi connectivity index (χ0n) is 16.8. The Labute approximate surface area is 171 Å². The number of allylic oxidation sites excluding steroid dienone is 4. The van der Waals surface area contributed by atoms with Crippen molar-refractivity contribution in [2.24, 2.45) is 22.7 Å². The number of carbonyl (C=O) groups is 2. The first-order valence-corrected chi connectivity index (χ1v) is 12.7. The van der Waals surface area contributed by atoms with E-state index in [1.54, 1.807) is 12.2 Å².